The molecule has 0 unspecified atom stereocenters. The molecule has 10 aromatic rings. The molecule has 5 nitrogen and oxygen atoms in total. The summed E-state index contributed by atoms with van der Waals surface area (Å²) in [5.41, 5.74) is 7.79. The lowest BCUT2D eigenvalue weighted by Crippen LogP contribution is -2.00. The molecule has 0 aliphatic rings. The fraction of sp³-hybridized carbons (Fsp3) is 0. The monoisotopic (exact) mass is 614 g/mol. The number of hydrogen-bond acceptors (Lipinski definition) is 4. The Morgan fingerprint density at radius 3 is 1.75 bits per heavy atom. The third-order valence-electron chi connectivity index (χ3n) is 9.23. The first kappa shape index (κ1) is 26.6. The minimum absolute atomic E-state index is 0.609. The van der Waals surface area contributed by atoms with Gasteiger partial charge in [0.05, 0.1) is 22.1 Å². The van der Waals surface area contributed by atoms with Gasteiger partial charge in [0.2, 0.25) is 0 Å². The predicted molar refractivity (Wildman–Crippen MR) is 195 cm³/mol. The number of furan rings is 1. The highest BCUT2D eigenvalue weighted by Gasteiger charge is 2.19. The van der Waals surface area contributed by atoms with Crippen molar-refractivity contribution in [2.45, 2.75) is 0 Å². The summed E-state index contributed by atoms with van der Waals surface area (Å²) in [6.45, 7) is 0. The average molecular weight is 615 g/mol. The highest BCUT2D eigenvalue weighted by Crippen LogP contribution is 2.39. The maximum atomic E-state index is 6.47. The van der Waals surface area contributed by atoms with Gasteiger partial charge in [-0.05, 0) is 59.3 Å². The van der Waals surface area contributed by atoms with E-state index < -0.39 is 0 Å². The molecule has 48 heavy (non-hydrogen) atoms. The first-order chi connectivity index (χ1) is 23.8. The van der Waals surface area contributed by atoms with Crippen LogP contribution in [0.2, 0.25) is 0 Å². The van der Waals surface area contributed by atoms with Crippen molar-refractivity contribution in [1.29, 1.82) is 0 Å². The lowest BCUT2D eigenvalue weighted by molar-refractivity contribution is 0.669. The maximum Gasteiger partial charge on any atom is 0.164 e. The molecule has 5 heteroatoms. The van der Waals surface area contributed by atoms with E-state index in [1.54, 1.807) is 0 Å². The van der Waals surface area contributed by atoms with Gasteiger partial charge < -0.3 is 8.98 Å². The van der Waals surface area contributed by atoms with Crippen molar-refractivity contribution in [2.75, 3.05) is 0 Å². The summed E-state index contributed by atoms with van der Waals surface area (Å²) >= 11 is 0. The Kier molecular flexibility index (Phi) is 5.81. The van der Waals surface area contributed by atoms with Crippen LogP contribution in [0.4, 0.5) is 0 Å². The van der Waals surface area contributed by atoms with Crippen molar-refractivity contribution in [3.63, 3.8) is 0 Å². The zero-order chi connectivity index (χ0) is 31.6. The van der Waals surface area contributed by atoms with E-state index in [1.807, 2.05) is 48.5 Å². The van der Waals surface area contributed by atoms with Gasteiger partial charge in [0.15, 0.2) is 17.5 Å². The topological polar surface area (TPSA) is 56.7 Å². The zero-order valence-corrected chi connectivity index (χ0v) is 25.7. The molecule has 3 aromatic heterocycles. The largest absolute Gasteiger partial charge is 0.456 e. The molecule has 0 N–H and O–H groups in total. The van der Waals surface area contributed by atoms with Crippen molar-refractivity contribution in [3.8, 4) is 39.9 Å². The molecule has 10 rings (SSSR count). The second kappa shape index (κ2) is 10.5. The molecule has 3 heterocycles. The Labute approximate surface area is 275 Å². The van der Waals surface area contributed by atoms with Crippen LogP contribution in [0, 0.1) is 0 Å². The van der Waals surface area contributed by atoms with Crippen molar-refractivity contribution in [2.24, 2.45) is 0 Å². The van der Waals surface area contributed by atoms with Crippen LogP contribution in [0.15, 0.2) is 162 Å². The SMILES string of the molecule is c1ccc(-c2nc(-c3ccc4ccccc4c3)nc(-c3ccc4oc5cccc(-n6c7ccccc7c7ccccc76)c5c4c3)n2)cc1. The molecule has 0 atom stereocenters. The minimum Gasteiger partial charge on any atom is -0.456 e. The van der Waals surface area contributed by atoms with Gasteiger partial charge >= 0.3 is 0 Å². The first-order valence-corrected chi connectivity index (χ1v) is 16.0. The smallest absolute Gasteiger partial charge is 0.164 e. The molecule has 0 saturated heterocycles. The van der Waals surface area contributed by atoms with E-state index in [2.05, 4.69) is 114 Å². The van der Waals surface area contributed by atoms with Crippen LogP contribution < -0.4 is 0 Å². The molecule has 7 aromatic carbocycles. The second-order valence-electron chi connectivity index (χ2n) is 12.1. The van der Waals surface area contributed by atoms with Gasteiger partial charge in [0.25, 0.3) is 0 Å². The molecule has 0 spiro atoms. The van der Waals surface area contributed by atoms with Gasteiger partial charge in [-0.3, -0.25) is 0 Å². The van der Waals surface area contributed by atoms with Gasteiger partial charge in [-0.1, -0.05) is 109 Å². The van der Waals surface area contributed by atoms with Gasteiger partial charge in [-0.2, -0.15) is 0 Å². The van der Waals surface area contributed by atoms with E-state index in [0.29, 0.717) is 17.5 Å². The molecule has 0 amide bonds. The minimum atomic E-state index is 0.609. The van der Waals surface area contributed by atoms with Crippen molar-refractivity contribution >= 4 is 54.5 Å². The number of benzene rings is 7. The number of rotatable bonds is 4. The molecule has 0 fully saturated rings. The summed E-state index contributed by atoms with van der Waals surface area (Å²) in [6, 6.07) is 54.5. The Bertz CT molecular complexity index is 2800. The average Bonchev–Trinajstić information content (AvgIpc) is 3.70. The van der Waals surface area contributed by atoms with Crippen LogP contribution in [-0.4, -0.2) is 19.5 Å². The normalized spacial score (nSPS) is 11.8. The standard InChI is InChI=1S/C43H26N4O/c1-2-12-28(13-3-1)41-44-42(30-22-21-27-11-4-5-14-29(27)25-30)46-43(45-41)31-23-24-38-34(26-31)40-37(19-10-20-39(40)48-38)47-35-17-8-6-15-32(35)33-16-7-9-18-36(33)47/h1-26H. The van der Waals surface area contributed by atoms with Crippen molar-refractivity contribution in [1.82, 2.24) is 19.5 Å². The van der Waals surface area contributed by atoms with E-state index in [1.165, 1.54) is 16.2 Å². The van der Waals surface area contributed by atoms with Gasteiger partial charge in [0, 0.05) is 32.8 Å². The highest BCUT2D eigenvalue weighted by atomic mass is 16.3. The number of nitrogens with zero attached hydrogens (tertiary/aromatic N) is 4. The van der Waals surface area contributed by atoms with Gasteiger partial charge in [-0.15, -0.1) is 0 Å². The number of para-hydroxylation sites is 2. The van der Waals surface area contributed by atoms with Gasteiger partial charge in [-0.25, -0.2) is 15.0 Å². The third kappa shape index (κ3) is 4.15. The van der Waals surface area contributed by atoms with E-state index in [9.17, 15) is 0 Å². The summed E-state index contributed by atoms with van der Waals surface area (Å²) in [5, 5.41) is 6.82. The Balaban J connectivity index is 1.21. The Morgan fingerprint density at radius 2 is 1.00 bits per heavy atom. The summed E-state index contributed by atoms with van der Waals surface area (Å²) in [4.78, 5) is 15.1. The molecule has 0 bridgehead atoms. The van der Waals surface area contributed by atoms with E-state index in [-0.39, 0.29) is 0 Å². The number of hydrogen-bond donors (Lipinski definition) is 0. The molecule has 0 saturated carbocycles. The lowest BCUT2D eigenvalue weighted by Gasteiger charge is -2.10. The van der Waals surface area contributed by atoms with Crippen LogP contribution in [0.25, 0.3) is 94.4 Å². The summed E-state index contributed by atoms with van der Waals surface area (Å²) in [5.74, 6) is 1.87. The molecule has 0 aliphatic carbocycles. The molecular weight excluding hydrogens is 589 g/mol. The van der Waals surface area contributed by atoms with Crippen molar-refractivity contribution in [3.05, 3.63) is 158 Å². The maximum absolute atomic E-state index is 6.47. The number of fused-ring (bicyclic) bond motifs is 7. The van der Waals surface area contributed by atoms with Crippen LogP contribution in [-0.2, 0) is 0 Å². The Hall–Kier alpha value is -6.59. The summed E-state index contributed by atoms with van der Waals surface area (Å²) in [6.07, 6.45) is 0. The third-order valence-corrected chi connectivity index (χ3v) is 9.23. The highest BCUT2D eigenvalue weighted by molar-refractivity contribution is 6.14. The lowest BCUT2D eigenvalue weighted by atomic mass is 10.1. The van der Waals surface area contributed by atoms with E-state index >= 15 is 0 Å². The fourth-order valence-electron chi connectivity index (χ4n) is 6.99. The fourth-order valence-corrected chi connectivity index (χ4v) is 6.99. The van der Waals surface area contributed by atoms with Crippen LogP contribution in [0.1, 0.15) is 0 Å². The zero-order valence-electron chi connectivity index (χ0n) is 25.7. The Morgan fingerprint density at radius 1 is 0.396 bits per heavy atom. The molecule has 0 aliphatic heterocycles. The molecular formula is C43H26N4O. The summed E-state index contributed by atoms with van der Waals surface area (Å²) < 4.78 is 8.82. The molecule has 224 valence electrons. The van der Waals surface area contributed by atoms with E-state index in [4.69, 9.17) is 19.4 Å². The van der Waals surface area contributed by atoms with Crippen molar-refractivity contribution < 1.29 is 4.42 Å². The summed E-state index contributed by atoms with van der Waals surface area (Å²) in [7, 11) is 0. The second-order valence-corrected chi connectivity index (χ2v) is 12.1. The van der Waals surface area contributed by atoms with Gasteiger partial charge in [0.1, 0.15) is 11.2 Å². The quantitative estimate of drug-likeness (QED) is 0.198. The first-order valence-electron chi connectivity index (χ1n) is 16.0. The van der Waals surface area contributed by atoms with Crippen LogP contribution in [0.3, 0.4) is 0 Å². The van der Waals surface area contributed by atoms with E-state index in [0.717, 1.165) is 60.7 Å². The molecule has 0 radical (unpaired) electrons. The number of aromatic nitrogens is 4. The predicted octanol–water partition coefficient (Wildman–Crippen LogP) is 11.0. The van der Waals surface area contributed by atoms with Crippen LogP contribution in [0.5, 0.6) is 0 Å². The van der Waals surface area contributed by atoms with Crippen LogP contribution >= 0.6 is 0 Å².